The zero-order valence-corrected chi connectivity index (χ0v) is 12.9. The first kappa shape index (κ1) is 15.3. The molecule has 0 spiro atoms. The summed E-state index contributed by atoms with van der Waals surface area (Å²) in [5.74, 6) is -0.0464. The molecular weight excluding hydrogens is 292 g/mol. The Balaban J connectivity index is 1.48. The molecule has 1 aliphatic rings. The van der Waals surface area contributed by atoms with Crippen LogP contribution in [0.5, 0.6) is 0 Å². The van der Waals surface area contributed by atoms with Crippen molar-refractivity contribution >= 4 is 11.8 Å². The highest BCUT2D eigenvalue weighted by atomic mass is 16.3. The zero-order valence-electron chi connectivity index (χ0n) is 12.9. The highest BCUT2D eigenvalue weighted by Crippen LogP contribution is 2.31. The average molecular weight is 312 g/mol. The first-order chi connectivity index (χ1) is 11.3. The number of carbonyl (C=O) groups excluding carboxylic acids is 2. The lowest BCUT2D eigenvalue weighted by atomic mass is 9.82. The predicted molar refractivity (Wildman–Crippen MR) is 86.2 cm³/mol. The number of furan rings is 1. The summed E-state index contributed by atoms with van der Waals surface area (Å²) in [6.07, 6.45) is 4.41. The van der Waals surface area contributed by atoms with E-state index in [1.807, 2.05) is 18.2 Å². The van der Waals surface area contributed by atoms with Crippen LogP contribution in [-0.2, 0) is 11.2 Å². The van der Waals surface area contributed by atoms with Crippen LogP contribution in [0.25, 0.3) is 0 Å². The van der Waals surface area contributed by atoms with Gasteiger partial charge in [0.25, 0.3) is 5.91 Å². The highest BCUT2D eigenvalue weighted by molar-refractivity contribution is 5.91. The van der Waals surface area contributed by atoms with Crippen molar-refractivity contribution in [1.29, 1.82) is 0 Å². The van der Waals surface area contributed by atoms with E-state index in [1.165, 1.54) is 11.8 Å². The number of aryl methyl sites for hydroxylation is 1. The molecule has 0 saturated carbocycles. The monoisotopic (exact) mass is 312 g/mol. The highest BCUT2D eigenvalue weighted by Gasteiger charge is 2.25. The van der Waals surface area contributed by atoms with Crippen LogP contribution in [0.15, 0.2) is 47.1 Å². The summed E-state index contributed by atoms with van der Waals surface area (Å²) in [7, 11) is 0. The number of nitrogens with one attached hydrogen (secondary N) is 2. The van der Waals surface area contributed by atoms with Gasteiger partial charge in [0.1, 0.15) is 0 Å². The second kappa shape index (κ2) is 7.13. The molecule has 3 rings (SSSR count). The molecule has 2 aromatic rings. The van der Waals surface area contributed by atoms with Gasteiger partial charge >= 0.3 is 0 Å². The van der Waals surface area contributed by atoms with Gasteiger partial charge in [0.15, 0.2) is 5.76 Å². The maximum Gasteiger partial charge on any atom is 0.287 e. The molecule has 1 aromatic heterocycles. The minimum Gasteiger partial charge on any atom is -0.459 e. The van der Waals surface area contributed by atoms with E-state index in [-0.39, 0.29) is 23.5 Å². The maximum absolute atomic E-state index is 12.4. The van der Waals surface area contributed by atoms with Gasteiger partial charge in [-0.25, -0.2) is 0 Å². The molecule has 5 heteroatoms. The normalized spacial score (nSPS) is 16.4. The Bertz CT molecular complexity index is 679. The third-order valence-electron chi connectivity index (χ3n) is 4.14. The number of rotatable bonds is 5. The van der Waals surface area contributed by atoms with Crippen LogP contribution in [0.4, 0.5) is 0 Å². The fraction of sp³-hybridized carbons (Fsp3) is 0.333. The quantitative estimate of drug-likeness (QED) is 0.832. The summed E-state index contributed by atoms with van der Waals surface area (Å²) in [5, 5.41) is 5.62. The summed E-state index contributed by atoms with van der Waals surface area (Å²) in [4.78, 5) is 24.1. The zero-order chi connectivity index (χ0) is 16.1. The molecule has 0 aliphatic heterocycles. The van der Waals surface area contributed by atoms with Gasteiger partial charge in [-0.3, -0.25) is 9.59 Å². The predicted octanol–water partition coefficient (Wildman–Crippen LogP) is 2.25. The Kier molecular flexibility index (Phi) is 4.76. The molecule has 0 fully saturated rings. The van der Waals surface area contributed by atoms with Crippen LogP contribution in [0.3, 0.4) is 0 Å². The minimum absolute atomic E-state index is 0.0318. The van der Waals surface area contributed by atoms with Crippen molar-refractivity contribution in [2.24, 2.45) is 0 Å². The molecule has 1 atom stereocenters. The van der Waals surface area contributed by atoms with Gasteiger partial charge in [-0.05, 0) is 42.5 Å². The molecule has 1 aliphatic carbocycles. The van der Waals surface area contributed by atoms with E-state index in [2.05, 4.69) is 16.7 Å². The smallest absolute Gasteiger partial charge is 0.287 e. The lowest BCUT2D eigenvalue weighted by molar-refractivity contribution is -0.122. The molecule has 120 valence electrons. The second-order valence-electron chi connectivity index (χ2n) is 5.67. The Morgan fingerprint density at radius 3 is 2.74 bits per heavy atom. The molecule has 2 N–H and O–H groups in total. The van der Waals surface area contributed by atoms with Crippen LogP contribution < -0.4 is 10.6 Å². The number of benzene rings is 1. The topological polar surface area (TPSA) is 71.3 Å². The van der Waals surface area contributed by atoms with Crippen molar-refractivity contribution in [3.05, 3.63) is 59.5 Å². The fourth-order valence-electron chi connectivity index (χ4n) is 3.01. The van der Waals surface area contributed by atoms with E-state index in [0.29, 0.717) is 13.1 Å². The lowest BCUT2D eigenvalue weighted by Gasteiger charge is -2.24. The SMILES string of the molecule is O=C(NCCNC(=O)[C@@H]1CCCc2ccccc21)c1ccco1. The van der Waals surface area contributed by atoms with E-state index in [0.717, 1.165) is 24.8 Å². The summed E-state index contributed by atoms with van der Waals surface area (Å²) in [6.45, 7) is 0.781. The molecule has 0 radical (unpaired) electrons. The average Bonchev–Trinajstić information content (AvgIpc) is 3.12. The molecule has 2 amide bonds. The van der Waals surface area contributed by atoms with Crippen LogP contribution in [0.1, 0.15) is 40.4 Å². The third-order valence-corrected chi connectivity index (χ3v) is 4.14. The molecule has 0 unspecified atom stereocenters. The van der Waals surface area contributed by atoms with Crippen molar-refractivity contribution < 1.29 is 14.0 Å². The largest absolute Gasteiger partial charge is 0.459 e. The second-order valence-corrected chi connectivity index (χ2v) is 5.67. The standard InChI is InChI=1S/C18H20N2O3/c21-17(15-8-3-6-13-5-1-2-7-14(13)15)19-10-11-20-18(22)16-9-4-12-23-16/h1-2,4-5,7,9,12,15H,3,6,8,10-11H2,(H,19,21)(H,20,22)/t15-/m1/s1. The third kappa shape index (κ3) is 3.62. The number of hydrogen-bond acceptors (Lipinski definition) is 3. The molecular formula is C18H20N2O3. The first-order valence-electron chi connectivity index (χ1n) is 7.93. The molecule has 1 heterocycles. The van der Waals surface area contributed by atoms with Crippen LogP contribution in [-0.4, -0.2) is 24.9 Å². The van der Waals surface area contributed by atoms with Crippen LogP contribution in [0, 0.1) is 0 Å². The Hall–Kier alpha value is -2.56. The van der Waals surface area contributed by atoms with E-state index in [1.54, 1.807) is 12.1 Å². The van der Waals surface area contributed by atoms with Crippen molar-refractivity contribution in [2.45, 2.75) is 25.2 Å². The lowest BCUT2D eigenvalue weighted by Crippen LogP contribution is -2.37. The summed E-state index contributed by atoms with van der Waals surface area (Å²) in [5.41, 5.74) is 2.40. The Morgan fingerprint density at radius 1 is 1.09 bits per heavy atom. The Morgan fingerprint density at radius 2 is 1.91 bits per heavy atom. The fourth-order valence-corrected chi connectivity index (χ4v) is 3.01. The van der Waals surface area contributed by atoms with Crippen molar-refractivity contribution in [1.82, 2.24) is 10.6 Å². The molecule has 5 nitrogen and oxygen atoms in total. The Labute approximate surface area is 135 Å². The van der Waals surface area contributed by atoms with E-state index >= 15 is 0 Å². The number of amides is 2. The van der Waals surface area contributed by atoms with Gasteiger partial charge < -0.3 is 15.1 Å². The first-order valence-corrected chi connectivity index (χ1v) is 7.93. The number of carbonyl (C=O) groups is 2. The van der Waals surface area contributed by atoms with Gasteiger partial charge in [0.05, 0.1) is 12.2 Å². The van der Waals surface area contributed by atoms with Gasteiger partial charge in [-0.2, -0.15) is 0 Å². The van der Waals surface area contributed by atoms with Crippen molar-refractivity contribution in [3.8, 4) is 0 Å². The molecule has 23 heavy (non-hydrogen) atoms. The number of hydrogen-bond donors (Lipinski definition) is 2. The minimum atomic E-state index is -0.271. The van der Waals surface area contributed by atoms with Crippen molar-refractivity contribution in [2.75, 3.05) is 13.1 Å². The van der Waals surface area contributed by atoms with Gasteiger partial charge in [-0.1, -0.05) is 24.3 Å². The van der Waals surface area contributed by atoms with Gasteiger partial charge in [0.2, 0.25) is 5.91 Å². The van der Waals surface area contributed by atoms with E-state index in [4.69, 9.17) is 4.42 Å². The molecule has 1 aromatic carbocycles. The van der Waals surface area contributed by atoms with Crippen LogP contribution in [0.2, 0.25) is 0 Å². The van der Waals surface area contributed by atoms with Crippen molar-refractivity contribution in [3.63, 3.8) is 0 Å². The summed E-state index contributed by atoms with van der Waals surface area (Å²) < 4.78 is 5.01. The van der Waals surface area contributed by atoms with E-state index < -0.39 is 0 Å². The van der Waals surface area contributed by atoms with Crippen LogP contribution >= 0.6 is 0 Å². The van der Waals surface area contributed by atoms with Gasteiger partial charge in [-0.15, -0.1) is 0 Å². The number of fused-ring (bicyclic) bond motifs is 1. The molecule has 0 bridgehead atoms. The maximum atomic E-state index is 12.4. The molecule has 0 saturated heterocycles. The van der Waals surface area contributed by atoms with Gasteiger partial charge in [0, 0.05) is 13.1 Å². The summed E-state index contributed by atoms with van der Waals surface area (Å²) >= 11 is 0. The summed E-state index contributed by atoms with van der Waals surface area (Å²) in [6, 6.07) is 11.4. The van der Waals surface area contributed by atoms with E-state index in [9.17, 15) is 9.59 Å².